The lowest BCUT2D eigenvalue weighted by Gasteiger charge is -2.11. The summed E-state index contributed by atoms with van der Waals surface area (Å²) in [7, 11) is -2.38. The Labute approximate surface area is 86.3 Å². The predicted molar refractivity (Wildman–Crippen MR) is 42.2 cm³/mol. The fourth-order valence-corrected chi connectivity index (χ4v) is 1.01. The van der Waals surface area contributed by atoms with Crippen LogP contribution in [0.3, 0.4) is 0 Å². The SMILES string of the molecule is OB(O)Oc1cc(F)c(C(F)(F)F)c(F)c1. The van der Waals surface area contributed by atoms with E-state index in [0.717, 1.165) is 0 Å². The Morgan fingerprint density at radius 1 is 1.06 bits per heavy atom. The smallest absolute Gasteiger partial charge is 0.512 e. The lowest BCUT2D eigenvalue weighted by molar-refractivity contribution is -0.142. The van der Waals surface area contributed by atoms with E-state index >= 15 is 0 Å². The Bertz CT molecular complexity index is 369. The first kappa shape index (κ1) is 12.7. The van der Waals surface area contributed by atoms with Gasteiger partial charge in [0.05, 0.1) is 0 Å². The average molecular weight is 242 g/mol. The first-order valence-corrected chi connectivity index (χ1v) is 3.81. The van der Waals surface area contributed by atoms with Gasteiger partial charge in [0.2, 0.25) is 0 Å². The summed E-state index contributed by atoms with van der Waals surface area (Å²) in [5.41, 5.74) is -2.06. The van der Waals surface area contributed by atoms with Gasteiger partial charge >= 0.3 is 13.5 Å². The molecule has 88 valence electrons. The molecule has 3 nitrogen and oxygen atoms in total. The highest BCUT2D eigenvalue weighted by Gasteiger charge is 2.38. The van der Waals surface area contributed by atoms with E-state index in [4.69, 9.17) is 10.0 Å². The maximum atomic E-state index is 12.9. The van der Waals surface area contributed by atoms with E-state index in [2.05, 4.69) is 4.65 Å². The molecule has 1 aromatic rings. The van der Waals surface area contributed by atoms with Crippen LogP contribution in [-0.4, -0.2) is 17.4 Å². The molecule has 0 aliphatic carbocycles. The lowest BCUT2D eigenvalue weighted by Crippen LogP contribution is -2.21. The Morgan fingerprint density at radius 3 is 1.81 bits per heavy atom. The van der Waals surface area contributed by atoms with Crippen molar-refractivity contribution in [1.29, 1.82) is 0 Å². The van der Waals surface area contributed by atoms with Crippen molar-refractivity contribution in [3.05, 3.63) is 29.3 Å². The van der Waals surface area contributed by atoms with Gasteiger partial charge in [-0.1, -0.05) is 0 Å². The molecule has 0 saturated carbocycles. The van der Waals surface area contributed by atoms with Crippen molar-refractivity contribution in [2.75, 3.05) is 0 Å². The Kier molecular flexibility index (Phi) is 3.39. The van der Waals surface area contributed by atoms with Gasteiger partial charge in [0, 0.05) is 12.1 Å². The van der Waals surface area contributed by atoms with E-state index in [0.29, 0.717) is 0 Å². The number of alkyl halides is 3. The summed E-state index contributed by atoms with van der Waals surface area (Å²) in [5.74, 6) is -4.57. The van der Waals surface area contributed by atoms with Gasteiger partial charge in [-0.15, -0.1) is 0 Å². The Morgan fingerprint density at radius 2 is 1.50 bits per heavy atom. The summed E-state index contributed by atoms with van der Waals surface area (Å²) in [6.45, 7) is 0. The first-order chi connectivity index (χ1) is 7.21. The minimum atomic E-state index is -5.18. The molecule has 0 atom stereocenters. The van der Waals surface area contributed by atoms with Gasteiger partial charge in [-0.05, 0) is 0 Å². The van der Waals surface area contributed by atoms with Crippen LogP contribution in [0.2, 0.25) is 0 Å². The molecule has 0 aromatic heterocycles. The van der Waals surface area contributed by atoms with Gasteiger partial charge in [0.1, 0.15) is 22.9 Å². The van der Waals surface area contributed by atoms with Crippen LogP contribution in [0.4, 0.5) is 22.0 Å². The summed E-state index contributed by atoms with van der Waals surface area (Å²) in [4.78, 5) is 0. The van der Waals surface area contributed by atoms with Crippen LogP contribution >= 0.6 is 0 Å². The van der Waals surface area contributed by atoms with Gasteiger partial charge in [0.15, 0.2) is 0 Å². The van der Waals surface area contributed by atoms with Crippen LogP contribution in [0.15, 0.2) is 12.1 Å². The van der Waals surface area contributed by atoms with Gasteiger partial charge in [-0.3, -0.25) is 0 Å². The van der Waals surface area contributed by atoms with Crippen molar-refractivity contribution in [3.8, 4) is 5.75 Å². The molecular formula is C7H4BF5O3. The number of hydrogen-bond acceptors (Lipinski definition) is 3. The topological polar surface area (TPSA) is 49.7 Å². The minimum Gasteiger partial charge on any atom is -0.512 e. The van der Waals surface area contributed by atoms with Crippen molar-refractivity contribution < 1.29 is 36.7 Å². The quantitative estimate of drug-likeness (QED) is 0.607. The van der Waals surface area contributed by atoms with Gasteiger partial charge in [-0.2, -0.15) is 13.2 Å². The van der Waals surface area contributed by atoms with Gasteiger partial charge in [-0.25, -0.2) is 8.78 Å². The molecule has 0 bridgehead atoms. The second kappa shape index (κ2) is 4.26. The summed E-state index contributed by atoms with van der Waals surface area (Å²) < 4.78 is 66.0. The van der Waals surface area contributed by atoms with Crippen molar-refractivity contribution in [1.82, 2.24) is 0 Å². The van der Waals surface area contributed by atoms with Crippen LogP contribution in [0.25, 0.3) is 0 Å². The van der Waals surface area contributed by atoms with E-state index < -0.39 is 36.4 Å². The van der Waals surface area contributed by atoms with Crippen LogP contribution in [-0.2, 0) is 6.18 Å². The van der Waals surface area contributed by atoms with Crippen LogP contribution in [0.5, 0.6) is 5.75 Å². The first-order valence-electron chi connectivity index (χ1n) is 3.81. The standard InChI is InChI=1S/C7H4BF5O3/c9-4-1-3(16-8(14)15)2-5(10)6(4)7(11,12)13/h1-2,14-15H. The van der Waals surface area contributed by atoms with Gasteiger partial charge in [0.25, 0.3) is 0 Å². The molecule has 0 fully saturated rings. The average Bonchev–Trinajstić information content (AvgIpc) is 1.96. The van der Waals surface area contributed by atoms with Gasteiger partial charge < -0.3 is 14.7 Å². The molecule has 0 radical (unpaired) electrons. The molecule has 0 amide bonds. The second-order valence-electron chi connectivity index (χ2n) is 2.70. The van der Waals surface area contributed by atoms with Crippen LogP contribution in [0.1, 0.15) is 5.56 Å². The highest BCUT2D eigenvalue weighted by atomic mass is 19.4. The molecule has 1 aromatic carbocycles. The zero-order chi connectivity index (χ0) is 12.5. The molecule has 1 rings (SSSR count). The molecule has 0 saturated heterocycles. The number of hydrogen-bond donors (Lipinski definition) is 2. The zero-order valence-corrected chi connectivity index (χ0v) is 7.42. The van der Waals surface area contributed by atoms with E-state index in [-0.39, 0.29) is 12.1 Å². The van der Waals surface area contributed by atoms with E-state index in [1.807, 2.05) is 0 Å². The monoisotopic (exact) mass is 242 g/mol. The molecule has 0 spiro atoms. The largest absolute Gasteiger partial charge is 0.707 e. The number of rotatable bonds is 2. The summed E-state index contributed by atoms with van der Waals surface area (Å²) in [5, 5.41) is 16.6. The fraction of sp³-hybridized carbons (Fsp3) is 0.143. The molecule has 0 unspecified atom stereocenters. The predicted octanol–water partition coefficient (Wildman–Crippen LogP) is 1.33. The Balaban J connectivity index is 3.18. The van der Waals surface area contributed by atoms with Crippen molar-refractivity contribution >= 4 is 7.32 Å². The maximum absolute atomic E-state index is 12.9. The van der Waals surface area contributed by atoms with E-state index in [1.165, 1.54) is 0 Å². The third kappa shape index (κ3) is 2.83. The second-order valence-corrected chi connectivity index (χ2v) is 2.70. The third-order valence-corrected chi connectivity index (χ3v) is 1.54. The van der Waals surface area contributed by atoms with Crippen LogP contribution < -0.4 is 4.65 Å². The number of benzene rings is 1. The Hall–Kier alpha value is -1.35. The van der Waals surface area contributed by atoms with Crippen molar-refractivity contribution in [2.45, 2.75) is 6.18 Å². The van der Waals surface area contributed by atoms with Crippen molar-refractivity contribution in [3.63, 3.8) is 0 Å². The molecule has 0 aliphatic heterocycles. The molecule has 0 heterocycles. The maximum Gasteiger partial charge on any atom is 0.707 e. The molecular weight excluding hydrogens is 238 g/mol. The zero-order valence-electron chi connectivity index (χ0n) is 7.42. The summed E-state index contributed by atoms with van der Waals surface area (Å²) >= 11 is 0. The summed E-state index contributed by atoms with van der Waals surface area (Å²) in [6, 6.07) is 0.399. The highest BCUT2D eigenvalue weighted by Crippen LogP contribution is 2.35. The summed E-state index contributed by atoms with van der Waals surface area (Å²) in [6.07, 6.45) is -5.18. The highest BCUT2D eigenvalue weighted by molar-refractivity contribution is 6.33. The number of halogens is 5. The minimum absolute atomic E-state index is 0.200. The fourth-order valence-electron chi connectivity index (χ4n) is 1.01. The molecule has 16 heavy (non-hydrogen) atoms. The third-order valence-electron chi connectivity index (χ3n) is 1.54. The molecule has 2 N–H and O–H groups in total. The normalized spacial score (nSPS) is 11.4. The van der Waals surface area contributed by atoms with E-state index in [9.17, 15) is 22.0 Å². The lowest BCUT2D eigenvalue weighted by atomic mass is 10.1. The van der Waals surface area contributed by atoms with E-state index in [1.54, 1.807) is 0 Å². The molecule has 9 heteroatoms. The van der Waals surface area contributed by atoms with Crippen molar-refractivity contribution in [2.24, 2.45) is 0 Å². The molecule has 0 aliphatic rings. The van der Waals surface area contributed by atoms with Crippen LogP contribution in [0, 0.1) is 11.6 Å².